The summed E-state index contributed by atoms with van der Waals surface area (Å²) in [6.07, 6.45) is 2.34. The Kier molecular flexibility index (Phi) is 5.23. The minimum absolute atomic E-state index is 0.228. The molecule has 0 N–H and O–H groups in total. The van der Waals surface area contributed by atoms with Gasteiger partial charge in [0, 0.05) is 13.5 Å². The van der Waals surface area contributed by atoms with E-state index in [2.05, 4.69) is 13.8 Å². The van der Waals surface area contributed by atoms with Gasteiger partial charge in [-0.1, -0.05) is 20.8 Å². The van der Waals surface area contributed by atoms with Gasteiger partial charge >= 0.3 is 0 Å². The van der Waals surface area contributed by atoms with E-state index >= 15 is 0 Å². The zero-order chi connectivity index (χ0) is 10.5. The third-order valence-electron chi connectivity index (χ3n) is 2.66. The predicted octanol–water partition coefficient (Wildman–Crippen LogP) is 2.81. The van der Waals surface area contributed by atoms with Crippen molar-refractivity contribution in [3.05, 3.63) is 0 Å². The largest absolute Gasteiger partial charge is 0.371 e. The summed E-state index contributed by atoms with van der Waals surface area (Å²) in [5.74, 6) is 0.813. The van der Waals surface area contributed by atoms with Crippen molar-refractivity contribution in [2.45, 2.75) is 52.6 Å². The van der Waals surface area contributed by atoms with Crippen LogP contribution in [0.2, 0.25) is 0 Å². The fraction of sp³-hybridized carbons (Fsp3) is 0.909. The highest BCUT2D eigenvalue weighted by molar-refractivity contribution is 5.86. The number of hydrogen-bond acceptors (Lipinski definition) is 2. The number of carbonyl (C=O) groups excluding carboxylic acids is 1. The van der Waals surface area contributed by atoms with Crippen molar-refractivity contribution >= 4 is 5.78 Å². The molecule has 0 aliphatic rings. The number of methoxy groups -OCH3 is 1. The molecular weight excluding hydrogens is 164 g/mol. The Morgan fingerprint density at radius 1 is 1.46 bits per heavy atom. The van der Waals surface area contributed by atoms with Gasteiger partial charge in [-0.15, -0.1) is 0 Å². The summed E-state index contributed by atoms with van der Waals surface area (Å²) < 4.78 is 5.23. The molecule has 0 saturated carbocycles. The molecule has 0 radical (unpaired) electrons. The van der Waals surface area contributed by atoms with Crippen molar-refractivity contribution in [1.82, 2.24) is 0 Å². The second kappa shape index (κ2) is 5.38. The van der Waals surface area contributed by atoms with Crippen molar-refractivity contribution in [1.29, 1.82) is 0 Å². The molecule has 0 amide bonds. The zero-order valence-electron chi connectivity index (χ0n) is 9.52. The van der Waals surface area contributed by atoms with Gasteiger partial charge in [-0.05, 0) is 25.7 Å². The number of ether oxygens (including phenoxy) is 1. The van der Waals surface area contributed by atoms with Crippen molar-refractivity contribution in [3.8, 4) is 0 Å². The molecular formula is C11H22O2. The first-order valence-electron chi connectivity index (χ1n) is 5.04. The topological polar surface area (TPSA) is 26.3 Å². The SMILES string of the molecule is CCC(C)(OC)C(=O)CCC(C)C. The second-order valence-electron chi connectivity index (χ2n) is 4.14. The fourth-order valence-corrected chi connectivity index (χ4v) is 1.14. The molecule has 0 aliphatic carbocycles. The van der Waals surface area contributed by atoms with E-state index in [-0.39, 0.29) is 5.78 Å². The van der Waals surface area contributed by atoms with Crippen LogP contribution in [0.5, 0.6) is 0 Å². The molecule has 2 heteroatoms. The van der Waals surface area contributed by atoms with Crippen LogP contribution >= 0.6 is 0 Å². The molecule has 1 unspecified atom stereocenters. The molecule has 1 atom stereocenters. The Bertz CT molecular complexity index is 157. The van der Waals surface area contributed by atoms with Crippen LogP contribution in [0, 0.1) is 5.92 Å². The van der Waals surface area contributed by atoms with Crippen LogP contribution in [0.25, 0.3) is 0 Å². The number of carbonyl (C=O) groups is 1. The van der Waals surface area contributed by atoms with Gasteiger partial charge in [0.1, 0.15) is 5.60 Å². The Morgan fingerprint density at radius 2 is 2.00 bits per heavy atom. The van der Waals surface area contributed by atoms with Gasteiger partial charge in [0.15, 0.2) is 5.78 Å². The van der Waals surface area contributed by atoms with Crippen LogP contribution in [-0.2, 0) is 9.53 Å². The van der Waals surface area contributed by atoms with Gasteiger partial charge in [-0.3, -0.25) is 4.79 Å². The lowest BCUT2D eigenvalue weighted by atomic mass is 9.92. The lowest BCUT2D eigenvalue weighted by Crippen LogP contribution is -2.36. The normalized spacial score (nSPS) is 15.8. The highest BCUT2D eigenvalue weighted by Gasteiger charge is 2.29. The quantitative estimate of drug-likeness (QED) is 0.637. The van der Waals surface area contributed by atoms with Gasteiger partial charge in [-0.2, -0.15) is 0 Å². The van der Waals surface area contributed by atoms with Crippen molar-refractivity contribution in [2.24, 2.45) is 5.92 Å². The first-order chi connectivity index (χ1) is 5.96. The third-order valence-corrected chi connectivity index (χ3v) is 2.66. The van der Waals surface area contributed by atoms with Crippen LogP contribution in [0.3, 0.4) is 0 Å². The molecule has 0 heterocycles. The summed E-state index contributed by atoms with van der Waals surface area (Å²) in [4.78, 5) is 11.7. The fourth-order valence-electron chi connectivity index (χ4n) is 1.14. The number of hydrogen-bond donors (Lipinski definition) is 0. The minimum atomic E-state index is -0.561. The smallest absolute Gasteiger partial charge is 0.164 e. The van der Waals surface area contributed by atoms with Gasteiger partial charge in [0.05, 0.1) is 0 Å². The van der Waals surface area contributed by atoms with Crippen molar-refractivity contribution in [2.75, 3.05) is 7.11 Å². The van der Waals surface area contributed by atoms with Crippen molar-refractivity contribution in [3.63, 3.8) is 0 Å². The standard InChI is InChI=1S/C11H22O2/c1-6-11(4,13-5)10(12)8-7-9(2)3/h9H,6-8H2,1-5H3. The Labute approximate surface area is 81.7 Å². The number of rotatable bonds is 6. The van der Waals surface area contributed by atoms with E-state index in [1.807, 2.05) is 13.8 Å². The van der Waals surface area contributed by atoms with Gasteiger partial charge in [0.2, 0.25) is 0 Å². The highest BCUT2D eigenvalue weighted by atomic mass is 16.5. The number of ketones is 1. The average Bonchev–Trinajstić information content (AvgIpc) is 2.12. The van der Waals surface area contributed by atoms with E-state index in [1.165, 1.54) is 0 Å². The summed E-state index contributed by atoms with van der Waals surface area (Å²) in [5, 5.41) is 0. The summed E-state index contributed by atoms with van der Waals surface area (Å²) >= 11 is 0. The van der Waals surface area contributed by atoms with Crippen LogP contribution in [-0.4, -0.2) is 18.5 Å². The van der Waals surface area contributed by atoms with Crippen LogP contribution in [0.1, 0.15) is 47.0 Å². The molecule has 78 valence electrons. The van der Waals surface area contributed by atoms with Crippen LogP contribution in [0.15, 0.2) is 0 Å². The van der Waals surface area contributed by atoms with Crippen LogP contribution in [0.4, 0.5) is 0 Å². The molecule has 0 fully saturated rings. The maximum atomic E-state index is 11.7. The lowest BCUT2D eigenvalue weighted by Gasteiger charge is -2.25. The predicted molar refractivity (Wildman–Crippen MR) is 54.8 cm³/mol. The van der Waals surface area contributed by atoms with E-state index in [1.54, 1.807) is 7.11 Å². The number of Topliss-reactive ketones (excluding diaryl/α,β-unsaturated/α-hetero) is 1. The molecule has 0 aliphatic heterocycles. The second-order valence-corrected chi connectivity index (χ2v) is 4.14. The molecule has 0 saturated heterocycles. The van der Waals surface area contributed by atoms with Gasteiger partial charge in [0.25, 0.3) is 0 Å². The van der Waals surface area contributed by atoms with Gasteiger partial charge in [-0.25, -0.2) is 0 Å². The average molecular weight is 186 g/mol. The Morgan fingerprint density at radius 3 is 2.31 bits per heavy atom. The van der Waals surface area contributed by atoms with Crippen molar-refractivity contribution < 1.29 is 9.53 Å². The monoisotopic (exact) mass is 186 g/mol. The maximum absolute atomic E-state index is 11.7. The molecule has 0 bridgehead atoms. The Balaban J connectivity index is 4.07. The molecule has 0 aromatic carbocycles. The van der Waals surface area contributed by atoms with E-state index < -0.39 is 5.60 Å². The van der Waals surface area contributed by atoms with Gasteiger partial charge < -0.3 is 4.74 Å². The van der Waals surface area contributed by atoms with E-state index in [0.717, 1.165) is 12.8 Å². The summed E-state index contributed by atoms with van der Waals surface area (Å²) in [7, 11) is 1.61. The molecule has 0 spiro atoms. The molecule has 0 aromatic rings. The molecule has 0 aromatic heterocycles. The Hall–Kier alpha value is -0.370. The molecule has 13 heavy (non-hydrogen) atoms. The third kappa shape index (κ3) is 3.90. The minimum Gasteiger partial charge on any atom is -0.371 e. The molecule has 0 rings (SSSR count). The van der Waals surface area contributed by atoms with E-state index in [9.17, 15) is 4.79 Å². The summed E-state index contributed by atoms with van der Waals surface area (Å²) in [6, 6.07) is 0. The maximum Gasteiger partial charge on any atom is 0.164 e. The first-order valence-corrected chi connectivity index (χ1v) is 5.04. The van der Waals surface area contributed by atoms with E-state index in [0.29, 0.717) is 12.3 Å². The molecule has 2 nitrogen and oxygen atoms in total. The first kappa shape index (κ1) is 12.6. The highest BCUT2D eigenvalue weighted by Crippen LogP contribution is 2.19. The summed E-state index contributed by atoms with van der Waals surface area (Å²) in [5.41, 5.74) is -0.561. The lowest BCUT2D eigenvalue weighted by molar-refractivity contribution is -0.139. The van der Waals surface area contributed by atoms with E-state index in [4.69, 9.17) is 4.74 Å². The summed E-state index contributed by atoms with van der Waals surface area (Å²) in [6.45, 7) is 8.11. The zero-order valence-corrected chi connectivity index (χ0v) is 9.52. The van der Waals surface area contributed by atoms with Crippen LogP contribution < -0.4 is 0 Å².